The number of esters is 1. The number of imidazole rings is 1. The fraction of sp³-hybridized carbons (Fsp3) is 0.308. The zero-order valence-corrected chi connectivity index (χ0v) is 11.1. The van der Waals surface area contributed by atoms with Gasteiger partial charge in [0.05, 0.1) is 24.8 Å². The van der Waals surface area contributed by atoms with E-state index in [0.29, 0.717) is 29.9 Å². The Balaban J connectivity index is 2.58. The Hall–Kier alpha value is -2.41. The minimum Gasteiger partial charge on any atom is -0.476 e. The number of nitrogens with zero attached hydrogens (tertiary/aromatic N) is 2. The summed E-state index contributed by atoms with van der Waals surface area (Å²) in [5.74, 6) is -1.09. The lowest BCUT2D eigenvalue weighted by molar-refractivity contribution is 0.0599. The van der Waals surface area contributed by atoms with Gasteiger partial charge in [0.1, 0.15) is 5.82 Å². The number of carboxylic acids is 1. The van der Waals surface area contributed by atoms with Crippen LogP contribution in [-0.4, -0.2) is 47.3 Å². The number of carbonyl (C=O) groups excluding carboxylic acids is 1. The SMILES string of the molecule is COCCc1nc(C(=O)O)c2ccc(C(=O)OC)cn12. The molecule has 0 bridgehead atoms. The minimum absolute atomic E-state index is 0.0486. The van der Waals surface area contributed by atoms with E-state index < -0.39 is 11.9 Å². The van der Waals surface area contributed by atoms with E-state index in [1.165, 1.54) is 19.4 Å². The van der Waals surface area contributed by atoms with E-state index in [2.05, 4.69) is 9.72 Å². The first kappa shape index (κ1) is 14.0. The monoisotopic (exact) mass is 278 g/mol. The molecule has 0 atom stereocenters. The second-order valence-electron chi connectivity index (χ2n) is 4.09. The van der Waals surface area contributed by atoms with Gasteiger partial charge in [-0.2, -0.15) is 0 Å². The number of carbonyl (C=O) groups is 2. The van der Waals surface area contributed by atoms with Crippen molar-refractivity contribution >= 4 is 17.5 Å². The van der Waals surface area contributed by atoms with E-state index in [-0.39, 0.29) is 5.69 Å². The molecule has 20 heavy (non-hydrogen) atoms. The van der Waals surface area contributed by atoms with Gasteiger partial charge in [-0.05, 0) is 12.1 Å². The number of ether oxygens (including phenoxy) is 2. The van der Waals surface area contributed by atoms with Crippen LogP contribution >= 0.6 is 0 Å². The molecule has 2 aromatic rings. The standard InChI is InChI=1S/C13H14N2O5/c1-19-6-5-10-14-11(12(16)17)9-4-3-8(7-15(9)10)13(18)20-2/h3-4,7H,5-6H2,1-2H3,(H,16,17). The zero-order valence-electron chi connectivity index (χ0n) is 11.1. The summed E-state index contributed by atoms with van der Waals surface area (Å²) in [6.07, 6.45) is 1.96. The van der Waals surface area contributed by atoms with Gasteiger partial charge in [0.15, 0.2) is 5.69 Å². The van der Waals surface area contributed by atoms with E-state index in [4.69, 9.17) is 9.84 Å². The molecule has 7 nitrogen and oxygen atoms in total. The molecule has 0 aliphatic carbocycles. The van der Waals surface area contributed by atoms with E-state index >= 15 is 0 Å². The predicted octanol–water partition coefficient (Wildman–Crippen LogP) is 1.01. The van der Waals surface area contributed by atoms with E-state index in [9.17, 15) is 9.59 Å². The molecule has 2 rings (SSSR count). The second-order valence-corrected chi connectivity index (χ2v) is 4.09. The third-order valence-electron chi connectivity index (χ3n) is 2.86. The quantitative estimate of drug-likeness (QED) is 0.821. The molecular weight excluding hydrogens is 264 g/mol. The van der Waals surface area contributed by atoms with E-state index in [1.54, 1.807) is 17.6 Å². The molecule has 0 saturated heterocycles. The Morgan fingerprint density at radius 3 is 2.70 bits per heavy atom. The van der Waals surface area contributed by atoms with Gasteiger partial charge in [-0.25, -0.2) is 14.6 Å². The molecule has 2 aromatic heterocycles. The maximum atomic E-state index is 11.5. The topological polar surface area (TPSA) is 90.1 Å². The maximum absolute atomic E-state index is 11.5. The van der Waals surface area contributed by atoms with Gasteiger partial charge in [0.25, 0.3) is 0 Å². The van der Waals surface area contributed by atoms with Crippen LogP contribution in [0.2, 0.25) is 0 Å². The first-order valence-electron chi connectivity index (χ1n) is 5.90. The molecule has 0 aliphatic heterocycles. The Kier molecular flexibility index (Phi) is 3.99. The fourth-order valence-corrected chi connectivity index (χ4v) is 1.91. The normalized spacial score (nSPS) is 10.7. The lowest BCUT2D eigenvalue weighted by Gasteiger charge is -2.03. The van der Waals surface area contributed by atoms with Gasteiger partial charge in [0, 0.05) is 19.7 Å². The lowest BCUT2D eigenvalue weighted by atomic mass is 10.2. The average molecular weight is 278 g/mol. The van der Waals surface area contributed by atoms with Crippen LogP contribution in [0.25, 0.3) is 5.52 Å². The molecule has 0 aromatic carbocycles. The molecule has 0 saturated carbocycles. The van der Waals surface area contributed by atoms with Gasteiger partial charge in [0.2, 0.25) is 0 Å². The van der Waals surface area contributed by atoms with Gasteiger partial charge < -0.3 is 19.0 Å². The molecule has 7 heteroatoms. The van der Waals surface area contributed by atoms with Gasteiger partial charge in [-0.3, -0.25) is 0 Å². The van der Waals surface area contributed by atoms with Gasteiger partial charge in [-0.1, -0.05) is 0 Å². The third-order valence-corrected chi connectivity index (χ3v) is 2.86. The van der Waals surface area contributed by atoms with Gasteiger partial charge in [-0.15, -0.1) is 0 Å². The van der Waals surface area contributed by atoms with Crippen LogP contribution in [0.1, 0.15) is 26.7 Å². The van der Waals surface area contributed by atoms with Gasteiger partial charge >= 0.3 is 11.9 Å². The van der Waals surface area contributed by atoms with Crippen LogP contribution in [0.4, 0.5) is 0 Å². The average Bonchev–Trinajstić information content (AvgIpc) is 2.82. The van der Waals surface area contributed by atoms with Crippen molar-refractivity contribution in [3.05, 3.63) is 35.4 Å². The summed E-state index contributed by atoms with van der Waals surface area (Å²) in [6, 6.07) is 3.05. The molecule has 0 spiro atoms. The molecule has 0 fully saturated rings. The Bertz CT molecular complexity index is 662. The Morgan fingerprint density at radius 1 is 1.35 bits per heavy atom. The summed E-state index contributed by atoms with van der Waals surface area (Å²) < 4.78 is 11.2. The number of carboxylic acid groups (broad SMARTS) is 1. The summed E-state index contributed by atoms with van der Waals surface area (Å²) in [6.45, 7) is 0.403. The van der Waals surface area contributed by atoms with Crippen LogP contribution in [-0.2, 0) is 15.9 Å². The molecule has 1 N–H and O–H groups in total. The van der Waals surface area contributed by atoms with Crippen molar-refractivity contribution in [3.8, 4) is 0 Å². The van der Waals surface area contributed by atoms with Crippen molar-refractivity contribution in [2.75, 3.05) is 20.8 Å². The second kappa shape index (κ2) is 5.70. The molecular formula is C13H14N2O5. The van der Waals surface area contributed by atoms with Crippen molar-refractivity contribution in [1.82, 2.24) is 9.38 Å². The number of methoxy groups -OCH3 is 2. The smallest absolute Gasteiger partial charge is 0.356 e. The summed E-state index contributed by atoms with van der Waals surface area (Å²) in [7, 11) is 2.84. The first-order valence-corrected chi connectivity index (χ1v) is 5.90. The third kappa shape index (κ3) is 2.48. The minimum atomic E-state index is -1.11. The lowest BCUT2D eigenvalue weighted by Crippen LogP contribution is -2.05. The highest BCUT2D eigenvalue weighted by atomic mass is 16.5. The molecule has 0 aliphatic rings. The highest BCUT2D eigenvalue weighted by Crippen LogP contribution is 2.16. The number of fused-ring (bicyclic) bond motifs is 1. The van der Waals surface area contributed by atoms with Crippen molar-refractivity contribution < 1.29 is 24.2 Å². The largest absolute Gasteiger partial charge is 0.476 e. The number of aromatic nitrogens is 2. The van der Waals surface area contributed by atoms with Crippen LogP contribution < -0.4 is 0 Å². The Labute approximate surface area is 114 Å². The van der Waals surface area contributed by atoms with E-state index in [1.807, 2.05) is 0 Å². The molecule has 0 radical (unpaired) electrons. The molecule has 0 amide bonds. The van der Waals surface area contributed by atoms with Crippen LogP contribution in [0.3, 0.4) is 0 Å². The van der Waals surface area contributed by atoms with Crippen LogP contribution in [0.5, 0.6) is 0 Å². The summed E-state index contributed by atoms with van der Waals surface area (Å²) in [5.41, 5.74) is 0.705. The highest BCUT2D eigenvalue weighted by molar-refractivity contribution is 5.95. The molecule has 0 unspecified atom stereocenters. The number of aromatic carboxylic acids is 1. The number of hydrogen-bond donors (Lipinski definition) is 1. The fourth-order valence-electron chi connectivity index (χ4n) is 1.91. The van der Waals surface area contributed by atoms with E-state index in [0.717, 1.165) is 0 Å². The van der Waals surface area contributed by atoms with Crippen molar-refractivity contribution in [1.29, 1.82) is 0 Å². The first-order chi connectivity index (χ1) is 9.58. The number of rotatable bonds is 5. The predicted molar refractivity (Wildman–Crippen MR) is 69.1 cm³/mol. The Morgan fingerprint density at radius 2 is 2.10 bits per heavy atom. The number of hydrogen-bond acceptors (Lipinski definition) is 5. The summed E-state index contributed by atoms with van der Waals surface area (Å²) in [4.78, 5) is 26.8. The molecule has 2 heterocycles. The number of pyridine rings is 1. The van der Waals surface area contributed by atoms with Crippen molar-refractivity contribution in [2.24, 2.45) is 0 Å². The summed E-state index contributed by atoms with van der Waals surface area (Å²) in [5, 5.41) is 9.15. The highest BCUT2D eigenvalue weighted by Gasteiger charge is 2.18. The van der Waals surface area contributed by atoms with Crippen LogP contribution in [0, 0.1) is 0 Å². The van der Waals surface area contributed by atoms with Crippen molar-refractivity contribution in [2.45, 2.75) is 6.42 Å². The molecule has 106 valence electrons. The zero-order chi connectivity index (χ0) is 14.7. The maximum Gasteiger partial charge on any atom is 0.356 e. The van der Waals surface area contributed by atoms with Crippen molar-refractivity contribution in [3.63, 3.8) is 0 Å². The summed E-state index contributed by atoms with van der Waals surface area (Å²) >= 11 is 0. The van der Waals surface area contributed by atoms with Crippen LogP contribution in [0.15, 0.2) is 18.3 Å².